The van der Waals surface area contributed by atoms with Gasteiger partial charge >= 0.3 is 0 Å². The Morgan fingerprint density at radius 3 is 2.45 bits per heavy atom. The van der Waals surface area contributed by atoms with Crippen LogP contribution in [0.5, 0.6) is 0 Å². The fraction of sp³-hybridized carbons (Fsp3) is 0.429. The van der Waals surface area contributed by atoms with Crippen molar-refractivity contribution in [3.8, 4) is 0 Å². The van der Waals surface area contributed by atoms with Crippen LogP contribution in [-0.4, -0.2) is 7.05 Å². The van der Waals surface area contributed by atoms with Crippen molar-refractivity contribution in [2.45, 2.75) is 52.9 Å². The lowest BCUT2D eigenvalue weighted by Gasteiger charge is -2.18. The van der Waals surface area contributed by atoms with Crippen molar-refractivity contribution in [3.05, 3.63) is 59.7 Å². The van der Waals surface area contributed by atoms with Gasteiger partial charge in [0, 0.05) is 18.3 Å². The highest BCUT2D eigenvalue weighted by Crippen LogP contribution is 2.32. The number of hydrogen-bond acceptors (Lipinski definition) is 1. The largest absolute Gasteiger partial charge is 0.388 e. The van der Waals surface area contributed by atoms with E-state index in [0.29, 0.717) is 0 Å². The summed E-state index contributed by atoms with van der Waals surface area (Å²) in [4.78, 5) is 0. The topological polar surface area (TPSA) is 12.0 Å². The summed E-state index contributed by atoms with van der Waals surface area (Å²) < 4.78 is 0. The first-order valence-electron chi connectivity index (χ1n) is 8.29. The number of allylic oxidation sites excluding steroid dienone is 4. The second kappa shape index (κ2) is 9.30. The summed E-state index contributed by atoms with van der Waals surface area (Å²) in [5.41, 5.74) is 7.89. The molecule has 0 aliphatic rings. The van der Waals surface area contributed by atoms with E-state index in [0.717, 1.165) is 32.1 Å². The van der Waals surface area contributed by atoms with Crippen LogP contribution < -0.4 is 5.32 Å². The van der Waals surface area contributed by atoms with E-state index >= 15 is 0 Å². The van der Waals surface area contributed by atoms with Crippen molar-refractivity contribution in [2.75, 3.05) is 12.4 Å². The SMILES string of the molecule is C=C(C)CCC(=C)Cc1cccc(NC)c1/C(=C\C)CCC. The van der Waals surface area contributed by atoms with Gasteiger partial charge < -0.3 is 5.32 Å². The Bertz CT molecular complexity index is 549. The van der Waals surface area contributed by atoms with E-state index in [1.807, 2.05) is 7.05 Å². The summed E-state index contributed by atoms with van der Waals surface area (Å²) in [7, 11) is 2.00. The van der Waals surface area contributed by atoms with Crippen LogP contribution in [0.15, 0.2) is 48.6 Å². The van der Waals surface area contributed by atoms with E-state index < -0.39 is 0 Å². The fourth-order valence-electron chi connectivity index (χ4n) is 2.77. The summed E-state index contributed by atoms with van der Waals surface area (Å²) in [6, 6.07) is 6.53. The van der Waals surface area contributed by atoms with Gasteiger partial charge in [-0.1, -0.05) is 49.3 Å². The molecule has 0 radical (unpaired) electrons. The van der Waals surface area contributed by atoms with Crippen LogP contribution >= 0.6 is 0 Å². The van der Waals surface area contributed by atoms with E-state index in [-0.39, 0.29) is 0 Å². The smallest absolute Gasteiger partial charge is 0.0416 e. The Morgan fingerprint density at radius 2 is 1.91 bits per heavy atom. The molecule has 22 heavy (non-hydrogen) atoms. The third-order valence-electron chi connectivity index (χ3n) is 3.95. The molecule has 0 fully saturated rings. The minimum absolute atomic E-state index is 0.944. The third-order valence-corrected chi connectivity index (χ3v) is 3.95. The van der Waals surface area contributed by atoms with Gasteiger partial charge in [-0.25, -0.2) is 0 Å². The molecule has 1 heteroatoms. The summed E-state index contributed by atoms with van der Waals surface area (Å²) in [6.45, 7) is 14.7. The summed E-state index contributed by atoms with van der Waals surface area (Å²) in [6.07, 6.45) is 7.52. The minimum Gasteiger partial charge on any atom is -0.388 e. The van der Waals surface area contributed by atoms with Gasteiger partial charge in [0.05, 0.1) is 0 Å². The predicted molar refractivity (Wildman–Crippen MR) is 101 cm³/mol. The van der Waals surface area contributed by atoms with E-state index in [4.69, 9.17) is 0 Å². The summed E-state index contributed by atoms with van der Waals surface area (Å²) >= 11 is 0. The van der Waals surface area contributed by atoms with Crippen molar-refractivity contribution >= 4 is 11.3 Å². The lowest BCUT2D eigenvalue weighted by Crippen LogP contribution is -2.02. The molecule has 120 valence electrons. The molecular formula is C21H31N. The number of anilines is 1. The van der Waals surface area contributed by atoms with Crippen LogP contribution in [0, 0.1) is 0 Å². The van der Waals surface area contributed by atoms with E-state index in [9.17, 15) is 0 Å². The van der Waals surface area contributed by atoms with E-state index in [1.54, 1.807) is 0 Å². The van der Waals surface area contributed by atoms with Gasteiger partial charge in [0.25, 0.3) is 0 Å². The molecule has 1 aromatic rings. The molecule has 0 atom stereocenters. The Hall–Kier alpha value is -1.76. The van der Waals surface area contributed by atoms with Gasteiger partial charge in [-0.15, -0.1) is 6.58 Å². The molecule has 1 N–H and O–H groups in total. The average molecular weight is 297 g/mol. The Morgan fingerprint density at radius 1 is 1.18 bits per heavy atom. The Kier molecular flexibility index (Phi) is 7.73. The van der Waals surface area contributed by atoms with Gasteiger partial charge in [0.15, 0.2) is 0 Å². The zero-order valence-corrected chi connectivity index (χ0v) is 14.8. The molecule has 1 nitrogen and oxygen atoms in total. The lowest BCUT2D eigenvalue weighted by molar-refractivity contribution is 0.892. The number of benzene rings is 1. The quantitative estimate of drug-likeness (QED) is 0.521. The maximum absolute atomic E-state index is 4.27. The highest BCUT2D eigenvalue weighted by molar-refractivity contribution is 5.79. The first-order chi connectivity index (χ1) is 10.5. The maximum Gasteiger partial charge on any atom is 0.0416 e. The zero-order valence-electron chi connectivity index (χ0n) is 14.8. The fourth-order valence-corrected chi connectivity index (χ4v) is 2.77. The molecule has 1 rings (SSSR count). The van der Waals surface area contributed by atoms with Gasteiger partial charge in [0.2, 0.25) is 0 Å². The lowest BCUT2D eigenvalue weighted by atomic mass is 9.90. The normalized spacial score (nSPS) is 11.4. The van der Waals surface area contributed by atoms with Gasteiger partial charge in [-0.2, -0.15) is 0 Å². The molecule has 0 unspecified atom stereocenters. The van der Waals surface area contributed by atoms with Crippen molar-refractivity contribution < 1.29 is 0 Å². The standard InChI is InChI=1S/C21H31N/c1-7-10-18(8-2)21-19(11-9-12-20(21)22-6)15-17(5)14-13-16(3)4/h8-9,11-12,22H,3,5,7,10,13-15H2,1-2,4,6H3/b18-8-. The molecule has 0 saturated heterocycles. The van der Waals surface area contributed by atoms with Crippen LogP contribution in [0.25, 0.3) is 5.57 Å². The molecule has 0 saturated carbocycles. The zero-order chi connectivity index (χ0) is 16.5. The maximum atomic E-state index is 4.27. The second-order valence-electron chi connectivity index (χ2n) is 6.04. The van der Waals surface area contributed by atoms with E-state index in [2.05, 4.69) is 63.5 Å². The van der Waals surface area contributed by atoms with Gasteiger partial charge in [-0.05, 0) is 56.7 Å². The van der Waals surface area contributed by atoms with Crippen molar-refractivity contribution in [1.82, 2.24) is 0 Å². The van der Waals surface area contributed by atoms with Crippen molar-refractivity contribution in [2.24, 2.45) is 0 Å². The van der Waals surface area contributed by atoms with E-state index in [1.165, 1.54) is 33.5 Å². The summed E-state index contributed by atoms with van der Waals surface area (Å²) in [5, 5.41) is 3.35. The van der Waals surface area contributed by atoms with Crippen molar-refractivity contribution in [1.29, 1.82) is 0 Å². The summed E-state index contributed by atoms with van der Waals surface area (Å²) in [5.74, 6) is 0. The van der Waals surface area contributed by atoms with Crippen LogP contribution in [0.2, 0.25) is 0 Å². The first kappa shape index (κ1) is 18.3. The highest BCUT2D eigenvalue weighted by Gasteiger charge is 2.12. The second-order valence-corrected chi connectivity index (χ2v) is 6.04. The Labute approximate surface area is 136 Å². The third kappa shape index (κ3) is 5.22. The first-order valence-corrected chi connectivity index (χ1v) is 8.29. The molecule has 0 bridgehead atoms. The molecule has 1 aromatic carbocycles. The number of nitrogens with one attached hydrogen (secondary N) is 1. The van der Waals surface area contributed by atoms with Gasteiger partial charge in [0.1, 0.15) is 0 Å². The molecular weight excluding hydrogens is 266 g/mol. The van der Waals surface area contributed by atoms with Crippen molar-refractivity contribution in [3.63, 3.8) is 0 Å². The molecule has 0 amide bonds. The predicted octanol–water partition coefficient (Wildman–Crippen LogP) is 6.39. The van der Waals surface area contributed by atoms with Crippen LogP contribution in [0.4, 0.5) is 5.69 Å². The van der Waals surface area contributed by atoms with Crippen LogP contribution in [0.1, 0.15) is 57.6 Å². The minimum atomic E-state index is 0.944. The molecule has 0 aromatic heterocycles. The highest BCUT2D eigenvalue weighted by atomic mass is 14.8. The van der Waals surface area contributed by atoms with Gasteiger partial charge in [-0.3, -0.25) is 0 Å². The molecule has 0 aliphatic heterocycles. The van der Waals surface area contributed by atoms with Crippen LogP contribution in [-0.2, 0) is 6.42 Å². The molecule has 0 spiro atoms. The molecule has 0 aliphatic carbocycles. The number of hydrogen-bond donors (Lipinski definition) is 1. The van der Waals surface area contributed by atoms with Crippen LogP contribution in [0.3, 0.4) is 0 Å². The monoisotopic (exact) mass is 297 g/mol. The molecule has 0 heterocycles. The number of rotatable bonds is 9. The Balaban J connectivity index is 3.08. The average Bonchev–Trinajstić information content (AvgIpc) is 2.50.